The average molecular weight is 343 g/mol. The van der Waals surface area contributed by atoms with Gasteiger partial charge in [0.25, 0.3) is 0 Å². The highest BCUT2D eigenvalue weighted by atomic mass is 32.7. The fourth-order valence-corrected chi connectivity index (χ4v) is 6.40. The molecule has 1 aliphatic rings. The normalized spacial score (nSPS) is 15.6. The quantitative estimate of drug-likeness (QED) is 0.379. The smallest absolute Gasteiger partial charge is 0.301 e. The van der Waals surface area contributed by atoms with Gasteiger partial charge in [-0.1, -0.05) is 45.4 Å². The van der Waals surface area contributed by atoms with E-state index in [9.17, 15) is 4.57 Å². The first-order valence-electron chi connectivity index (χ1n) is 7.79. The van der Waals surface area contributed by atoms with Crippen LogP contribution >= 0.6 is 29.9 Å². The van der Waals surface area contributed by atoms with E-state index >= 15 is 0 Å². The number of hydrogen-bond acceptors (Lipinski definition) is 5. The molecule has 1 aliphatic carbocycles. The molecule has 3 nitrogen and oxygen atoms in total. The Bertz CT molecular complexity index is 227. The molecule has 0 atom stereocenters. The van der Waals surface area contributed by atoms with E-state index in [4.69, 9.17) is 9.05 Å². The first-order chi connectivity index (χ1) is 9.68. The molecule has 1 fully saturated rings. The van der Waals surface area contributed by atoms with Crippen molar-refractivity contribution in [3.05, 3.63) is 0 Å². The van der Waals surface area contributed by atoms with Crippen LogP contribution in [0.4, 0.5) is 0 Å². The van der Waals surface area contributed by atoms with Gasteiger partial charge in [-0.05, 0) is 31.0 Å². The summed E-state index contributed by atoms with van der Waals surface area (Å²) >= 11 is 3.14. The Morgan fingerprint density at radius 2 is 1.30 bits per heavy atom. The van der Waals surface area contributed by atoms with Gasteiger partial charge >= 0.3 is 6.80 Å². The van der Waals surface area contributed by atoms with E-state index in [-0.39, 0.29) is 0 Å². The van der Waals surface area contributed by atoms with Crippen LogP contribution in [0.15, 0.2) is 0 Å². The van der Waals surface area contributed by atoms with Gasteiger partial charge in [-0.15, -0.1) is 0 Å². The van der Waals surface area contributed by atoms with Crippen LogP contribution in [0, 0.1) is 0 Å². The van der Waals surface area contributed by atoms with Crippen molar-refractivity contribution in [1.29, 1.82) is 0 Å². The van der Waals surface area contributed by atoms with Gasteiger partial charge in [-0.3, -0.25) is 0 Å². The van der Waals surface area contributed by atoms with E-state index in [1.54, 1.807) is 0 Å². The minimum Gasteiger partial charge on any atom is -0.301 e. The lowest BCUT2D eigenvalue weighted by Gasteiger charge is -2.15. The molecular weight excluding hydrogens is 311 g/mol. The third-order valence-corrected chi connectivity index (χ3v) is 7.90. The van der Waals surface area contributed by atoms with Crippen molar-refractivity contribution in [2.24, 2.45) is 0 Å². The van der Waals surface area contributed by atoms with Crippen LogP contribution < -0.4 is 0 Å². The largest absolute Gasteiger partial charge is 0.389 e. The molecular formula is C14H31O3PS2. The topological polar surface area (TPSA) is 35.5 Å². The standard InChI is InChI=1S/C8H19O3PS2.C6H12/c1-4-10-12(9,11-5-2)14-8-7-13-6-3;1-2-4-6-5-3-1/h4-8H2,1-3H3;1-6H2. The molecule has 0 bridgehead atoms. The summed E-state index contributed by atoms with van der Waals surface area (Å²) in [6.07, 6.45) is 9.00. The van der Waals surface area contributed by atoms with Crippen molar-refractivity contribution in [1.82, 2.24) is 0 Å². The maximum absolute atomic E-state index is 11.9. The molecule has 0 radical (unpaired) electrons. The predicted octanol–water partition coefficient (Wildman–Crippen LogP) is 5.99. The van der Waals surface area contributed by atoms with Crippen LogP contribution in [-0.4, -0.2) is 30.5 Å². The molecule has 0 saturated heterocycles. The molecule has 0 aromatic heterocycles. The van der Waals surface area contributed by atoms with Crippen LogP contribution in [0.3, 0.4) is 0 Å². The summed E-state index contributed by atoms with van der Waals surface area (Å²) in [5.74, 6) is 2.90. The minimum atomic E-state index is -2.86. The summed E-state index contributed by atoms with van der Waals surface area (Å²) in [7, 11) is 0. The molecule has 0 N–H and O–H groups in total. The van der Waals surface area contributed by atoms with Crippen molar-refractivity contribution in [3.8, 4) is 0 Å². The number of thioether (sulfide) groups is 1. The zero-order valence-corrected chi connectivity index (χ0v) is 15.8. The van der Waals surface area contributed by atoms with Crippen molar-refractivity contribution >= 4 is 29.9 Å². The molecule has 0 spiro atoms. The monoisotopic (exact) mass is 342 g/mol. The van der Waals surface area contributed by atoms with Crippen LogP contribution in [0.2, 0.25) is 0 Å². The molecule has 0 aromatic rings. The lowest BCUT2D eigenvalue weighted by Crippen LogP contribution is -1.94. The average Bonchev–Trinajstić information content (AvgIpc) is 2.47. The van der Waals surface area contributed by atoms with Crippen LogP contribution in [-0.2, 0) is 13.6 Å². The Morgan fingerprint density at radius 3 is 1.65 bits per heavy atom. The second-order valence-corrected chi connectivity index (χ2v) is 10.0. The van der Waals surface area contributed by atoms with Crippen LogP contribution in [0.25, 0.3) is 0 Å². The Hall–Kier alpha value is 0.850. The number of hydrogen-bond donors (Lipinski definition) is 0. The van der Waals surface area contributed by atoms with Crippen LogP contribution in [0.1, 0.15) is 59.3 Å². The predicted molar refractivity (Wildman–Crippen MR) is 94.0 cm³/mol. The van der Waals surface area contributed by atoms with E-state index in [0.29, 0.717) is 13.2 Å². The summed E-state index contributed by atoms with van der Waals surface area (Å²) in [5, 5.41) is 0. The lowest BCUT2D eigenvalue weighted by molar-refractivity contribution is 0.237. The van der Waals surface area contributed by atoms with Gasteiger partial charge in [0, 0.05) is 11.5 Å². The summed E-state index contributed by atoms with van der Waals surface area (Å²) in [5.41, 5.74) is 0. The molecule has 0 unspecified atom stereocenters. The molecule has 6 heteroatoms. The van der Waals surface area contributed by atoms with Gasteiger partial charge < -0.3 is 9.05 Å². The molecule has 0 aliphatic heterocycles. The van der Waals surface area contributed by atoms with E-state index in [2.05, 4.69) is 6.92 Å². The van der Waals surface area contributed by atoms with Crippen molar-refractivity contribution in [3.63, 3.8) is 0 Å². The van der Waals surface area contributed by atoms with Crippen LogP contribution in [0.5, 0.6) is 0 Å². The first-order valence-corrected chi connectivity index (χ1v) is 12.1. The summed E-state index contributed by atoms with van der Waals surface area (Å²) in [6.45, 7) is 3.78. The van der Waals surface area contributed by atoms with E-state index in [1.165, 1.54) is 49.9 Å². The van der Waals surface area contributed by atoms with Gasteiger partial charge in [-0.2, -0.15) is 11.8 Å². The van der Waals surface area contributed by atoms with Gasteiger partial charge in [0.2, 0.25) is 0 Å². The Morgan fingerprint density at radius 1 is 0.850 bits per heavy atom. The summed E-state index contributed by atoms with van der Waals surface area (Å²) in [4.78, 5) is 0. The molecule has 20 heavy (non-hydrogen) atoms. The molecule has 0 amide bonds. The number of rotatable bonds is 9. The highest BCUT2D eigenvalue weighted by molar-refractivity contribution is 8.55. The van der Waals surface area contributed by atoms with Crippen molar-refractivity contribution in [2.45, 2.75) is 59.3 Å². The maximum Gasteiger partial charge on any atom is 0.389 e. The zero-order chi connectivity index (χ0) is 15.1. The molecule has 1 rings (SSSR count). The second kappa shape index (κ2) is 14.8. The summed E-state index contributed by atoms with van der Waals surface area (Å²) in [6, 6.07) is 0. The van der Waals surface area contributed by atoms with E-state index in [1.807, 2.05) is 25.6 Å². The van der Waals surface area contributed by atoms with Crippen molar-refractivity contribution in [2.75, 3.05) is 30.5 Å². The minimum absolute atomic E-state index is 0.436. The van der Waals surface area contributed by atoms with Gasteiger partial charge in [0.1, 0.15) is 0 Å². The van der Waals surface area contributed by atoms with Crippen molar-refractivity contribution < 1.29 is 13.6 Å². The third kappa shape index (κ3) is 12.6. The van der Waals surface area contributed by atoms with E-state index in [0.717, 1.165) is 17.3 Å². The lowest BCUT2D eigenvalue weighted by atomic mass is 10.0. The zero-order valence-electron chi connectivity index (χ0n) is 13.3. The second-order valence-electron chi connectivity index (χ2n) is 4.43. The molecule has 0 heterocycles. The Labute approximate surface area is 133 Å². The first kappa shape index (κ1) is 20.9. The fraction of sp³-hybridized carbons (Fsp3) is 1.00. The van der Waals surface area contributed by atoms with Gasteiger partial charge in [-0.25, -0.2) is 4.57 Å². The third-order valence-electron chi connectivity index (χ3n) is 2.76. The van der Waals surface area contributed by atoms with Gasteiger partial charge in [0.05, 0.1) is 13.2 Å². The molecule has 0 aromatic carbocycles. The fourth-order valence-electron chi connectivity index (χ4n) is 1.84. The molecule has 122 valence electrons. The summed E-state index contributed by atoms with van der Waals surface area (Å²) < 4.78 is 22.2. The van der Waals surface area contributed by atoms with E-state index < -0.39 is 6.80 Å². The SMILES string of the molecule is C1CCCCC1.CCOP(=O)(OCC)SCCSCC. The highest BCUT2D eigenvalue weighted by Gasteiger charge is 2.23. The Balaban J connectivity index is 0.000000493. The Kier molecular flexibility index (Phi) is 15.4. The van der Waals surface area contributed by atoms with Gasteiger partial charge in [0.15, 0.2) is 0 Å². The maximum atomic E-state index is 11.9. The highest BCUT2D eigenvalue weighted by Crippen LogP contribution is 2.60. The molecule has 1 saturated carbocycles.